The van der Waals surface area contributed by atoms with Crippen LogP contribution in [0.15, 0.2) is 29.3 Å². The fourth-order valence-corrected chi connectivity index (χ4v) is 4.39. The number of ether oxygens (including phenoxy) is 2. The summed E-state index contributed by atoms with van der Waals surface area (Å²) in [5, 5.41) is 7.00. The Hall–Kier alpha value is -0.970. The second kappa shape index (κ2) is 10.2. The van der Waals surface area contributed by atoms with Gasteiger partial charge in [-0.3, -0.25) is 9.89 Å². The van der Waals surface area contributed by atoms with Crippen molar-refractivity contribution in [2.75, 3.05) is 39.9 Å². The minimum absolute atomic E-state index is 0. The van der Waals surface area contributed by atoms with Crippen molar-refractivity contribution in [3.63, 3.8) is 0 Å². The van der Waals surface area contributed by atoms with Gasteiger partial charge in [0, 0.05) is 26.7 Å². The molecule has 8 heteroatoms. The van der Waals surface area contributed by atoms with Crippen molar-refractivity contribution in [1.29, 1.82) is 0 Å². The topological polar surface area (TPSA) is 58.1 Å². The van der Waals surface area contributed by atoms with E-state index in [1.54, 1.807) is 7.05 Å². The monoisotopic (exact) mass is 504 g/mol. The van der Waals surface area contributed by atoms with E-state index in [1.807, 2.05) is 12.1 Å². The highest BCUT2D eigenvalue weighted by molar-refractivity contribution is 14.0. The number of nitrogens with zero attached hydrogens (tertiary/aromatic N) is 2. The number of fused-ring (bicyclic) bond motifs is 2. The summed E-state index contributed by atoms with van der Waals surface area (Å²) in [6.07, 6.45) is 4.08. The van der Waals surface area contributed by atoms with Gasteiger partial charge in [0.2, 0.25) is 0 Å². The number of morpholine rings is 1. The molecule has 1 aromatic carbocycles. The maximum Gasteiger partial charge on any atom is 0.191 e. The number of benzene rings is 1. The predicted octanol–water partition coefficient (Wildman–Crippen LogP) is 2.30. The van der Waals surface area contributed by atoms with E-state index in [0.717, 1.165) is 50.7 Å². The van der Waals surface area contributed by atoms with Gasteiger partial charge in [0.05, 0.1) is 37.5 Å². The van der Waals surface area contributed by atoms with Gasteiger partial charge in [-0.2, -0.15) is 0 Å². The Kier molecular flexibility index (Phi) is 7.90. The van der Waals surface area contributed by atoms with Crippen molar-refractivity contribution in [1.82, 2.24) is 15.5 Å². The van der Waals surface area contributed by atoms with Gasteiger partial charge in [-0.25, -0.2) is 4.39 Å². The van der Waals surface area contributed by atoms with Gasteiger partial charge >= 0.3 is 0 Å². The smallest absolute Gasteiger partial charge is 0.191 e. The lowest BCUT2D eigenvalue weighted by molar-refractivity contribution is 0.0169. The Morgan fingerprint density at radius 2 is 2.00 bits per heavy atom. The molecule has 4 unspecified atom stereocenters. The third-order valence-electron chi connectivity index (χ3n) is 5.86. The molecule has 4 rings (SSSR count). The first-order valence-corrected chi connectivity index (χ1v) is 9.93. The lowest BCUT2D eigenvalue weighted by Gasteiger charge is -2.35. The number of rotatable bonds is 5. The third kappa shape index (κ3) is 5.14. The molecule has 28 heavy (non-hydrogen) atoms. The molecule has 0 radical (unpaired) electrons. The molecule has 0 spiro atoms. The van der Waals surface area contributed by atoms with E-state index in [9.17, 15) is 4.39 Å². The van der Waals surface area contributed by atoms with Crippen LogP contribution in [0.5, 0.6) is 0 Å². The van der Waals surface area contributed by atoms with E-state index in [1.165, 1.54) is 18.6 Å². The summed E-state index contributed by atoms with van der Waals surface area (Å²) >= 11 is 0. The standard InChI is InChI=1S/C20H29FN4O2.HI/c1-22-20(24-17-12-16-6-7-19(17)27-16)23-13-18(25-8-10-26-11-9-25)14-2-4-15(21)5-3-14;/h2-5,16-19H,6-13H2,1H3,(H2,22,23,24);1H. The first-order valence-electron chi connectivity index (χ1n) is 9.93. The van der Waals surface area contributed by atoms with Crippen LogP contribution >= 0.6 is 24.0 Å². The van der Waals surface area contributed by atoms with Gasteiger partial charge in [-0.15, -0.1) is 24.0 Å². The zero-order valence-corrected chi connectivity index (χ0v) is 18.6. The highest BCUT2D eigenvalue weighted by Gasteiger charge is 2.41. The van der Waals surface area contributed by atoms with E-state index in [2.05, 4.69) is 20.5 Å². The highest BCUT2D eigenvalue weighted by atomic mass is 127. The largest absolute Gasteiger partial charge is 0.379 e. The molecule has 3 aliphatic rings. The van der Waals surface area contributed by atoms with Crippen LogP contribution in [0.3, 0.4) is 0 Å². The maximum absolute atomic E-state index is 13.4. The van der Waals surface area contributed by atoms with Crippen LogP contribution in [0.1, 0.15) is 30.9 Å². The molecular formula is C20H30FIN4O2. The molecule has 2 bridgehead atoms. The molecule has 2 N–H and O–H groups in total. The highest BCUT2D eigenvalue weighted by Crippen LogP contribution is 2.34. The van der Waals surface area contributed by atoms with E-state index in [4.69, 9.17) is 9.47 Å². The van der Waals surface area contributed by atoms with Crippen molar-refractivity contribution >= 4 is 29.9 Å². The SMILES string of the molecule is CN=C(NCC(c1ccc(F)cc1)N1CCOCC1)NC1CC2CCC1O2.I. The molecule has 0 amide bonds. The van der Waals surface area contributed by atoms with Crippen LogP contribution < -0.4 is 10.6 Å². The summed E-state index contributed by atoms with van der Waals surface area (Å²) < 4.78 is 24.8. The molecule has 156 valence electrons. The Labute approximate surface area is 183 Å². The van der Waals surface area contributed by atoms with Gasteiger partial charge in [-0.1, -0.05) is 12.1 Å². The van der Waals surface area contributed by atoms with Crippen LogP contribution in [0, 0.1) is 5.82 Å². The zero-order chi connectivity index (χ0) is 18.6. The molecule has 3 heterocycles. The van der Waals surface area contributed by atoms with Crippen LogP contribution in [0.2, 0.25) is 0 Å². The second-order valence-corrected chi connectivity index (χ2v) is 7.53. The summed E-state index contributed by atoms with van der Waals surface area (Å²) in [7, 11) is 1.80. The van der Waals surface area contributed by atoms with Crippen LogP contribution in [0.25, 0.3) is 0 Å². The van der Waals surface area contributed by atoms with Crippen molar-refractivity contribution in [2.45, 2.75) is 43.6 Å². The Morgan fingerprint density at radius 1 is 1.25 bits per heavy atom. The summed E-state index contributed by atoms with van der Waals surface area (Å²) in [5.41, 5.74) is 1.10. The summed E-state index contributed by atoms with van der Waals surface area (Å²) in [6.45, 7) is 3.90. The maximum atomic E-state index is 13.4. The number of aliphatic imine (C=N–C) groups is 1. The van der Waals surface area contributed by atoms with E-state index in [-0.39, 0.29) is 35.8 Å². The normalized spacial score (nSPS) is 28.6. The number of hydrogen-bond acceptors (Lipinski definition) is 4. The molecule has 4 atom stereocenters. The van der Waals surface area contributed by atoms with Gasteiger partial charge in [-0.05, 0) is 37.0 Å². The van der Waals surface area contributed by atoms with Crippen LogP contribution in [-0.4, -0.2) is 69.0 Å². The quantitative estimate of drug-likeness (QED) is 0.366. The predicted molar refractivity (Wildman–Crippen MR) is 118 cm³/mol. The average Bonchev–Trinajstić information content (AvgIpc) is 3.32. The van der Waals surface area contributed by atoms with Crippen molar-refractivity contribution < 1.29 is 13.9 Å². The summed E-state index contributed by atoms with van der Waals surface area (Å²) in [4.78, 5) is 6.78. The number of guanidine groups is 1. The molecule has 0 aromatic heterocycles. The fraction of sp³-hybridized carbons (Fsp3) is 0.650. The molecule has 0 aliphatic carbocycles. The Balaban J connectivity index is 0.00000225. The first kappa shape index (κ1) is 21.7. The van der Waals surface area contributed by atoms with Crippen molar-refractivity contribution in [2.24, 2.45) is 4.99 Å². The molecule has 3 fully saturated rings. The average molecular weight is 504 g/mol. The number of nitrogens with one attached hydrogen (secondary N) is 2. The Bertz CT molecular complexity index is 654. The van der Waals surface area contributed by atoms with Crippen LogP contribution in [0.4, 0.5) is 4.39 Å². The first-order chi connectivity index (χ1) is 13.2. The Morgan fingerprint density at radius 3 is 2.61 bits per heavy atom. The van der Waals surface area contributed by atoms with E-state index >= 15 is 0 Å². The lowest BCUT2D eigenvalue weighted by Crippen LogP contribution is -2.50. The minimum atomic E-state index is -0.207. The van der Waals surface area contributed by atoms with Gasteiger partial charge < -0.3 is 20.1 Å². The number of halogens is 2. The van der Waals surface area contributed by atoms with Gasteiger partial charge in [0.25, 0.3) is 0 Å². The van der Waals surface area contributed by atoms with E-state index < -0.39 is 0 Å². The summed E-state index contributed by atoms with van der Waals surface area (Å²) in [6, 6.07) is 7.28. The van der Waals surface area contributed by atoms with Crippen molar-refractivity contribution in [3.05, 3.63) is 35.6 Å². The molecule has 1 aromatic rings. The number of hydrogen-bond donors (Lipinski definition) is 2. The van der Waals surface area contributed by atoms with Gasteiger partial charge in [0.15, 0.2) is 5.96 Å². The minimum Gasteiger partial charge on any atom is -0.379 e. The molecule has 6 nitrogen and oxygen atoms in total. The van der Waals surface area contributed by atoms with Crippen LogP contribution in [-0.2, 0) is 9.47 Å². The van der Waals surface area contributed by atoms with Crippen molar-refractivity contribution in [3.8, 4) is 0 Å². The fourth-order valence-electron chi connectivity index (χ4n) is 4.39. The second-order valence-electron chi connectivity index (χ2n) is 7.53. The van der Waals surface area contributed by atoms with E-state index in [0.29, 0.717) is 24.8 Å². The lowest BCUT2D eigenvalue weighted by atomic mass is 9.96. The molecule has 3 aliphatic heterocycles. The molecular weight excluding hydrogens is 474 g/mol. The summed E-state index contributed by atoms with van der Waals surface area (Å²) in [5.74, 6) is 0.595. The van der Waals surface area contributed by atoms with Gasteiger partial charge in [0.1, 0.15) is 5.82 Å². The molecule has 3 saturated heterocycles. The third-order valence-corrected chi connectivity index (χ3v) is 5.86. The zero-order valence-electron chi connectivity index (χ0n) is 16.3. The molecule has 0 saturated carbocycles.